The SMILES string of the molecule is CCc1cccc(NC(N)=NCc2cc(C)nc(N3CCCC3)n2)c1. The molecule has 0 unspecified atom stereocenters. The number of guanidine groups is 1. The smallest absolute Gasteiger partial charge is 0.225 e. The largest absolute Gasteiger partial charge is 0.370 e. The van der Waals surface area contributed by atoms with Crippen LogP contribution < -0.4 is 16.0 Å². The van der Waals surface area contributed by atoms with Crippen LogP contribution in [0.5, 0.6) is 0 Å². The van der Waals surface area contributed by atoms with Gasteiger partial charge in [-0.05, 0) is 49.9 Å². The van der Waals surface area contributed by atoms with Crippen molar-refractivity contribution in [3.8, 4) is 0 Å². The Morgan fingerprint density at radius 3 is 2.80 bits per heavy atom. The molecule has 1 aliphatic heterocycles. The van der Waals surface area contributed by atoms with Gasteiger partial charge < -0.3 is 16.0 Å². The fourth-order valence-corrected chi connectivity index (χ4v) is 2.98. The molecule has 0 atom stereocenters. The van der Waals surface area contributed by atoms with E-state index in [9.17, 15) is 0 Å². The van der Waals surface area contributed by atoms with Crippen molar-refractivity contribution in [3.63, 3.8) is 0 Å². The second kappa shape index (κ2) is 7.96. The lowest BCUT2D eigenvalue weighted by Gasteiger charge is -2.16. The molecular formula is C19H26N6. The van der Waals surface area contributed by atoms with Crippen LogP contribution in [0.15, 0.2) is 35.3 Å². The summed E-state index contributed by atoms with van der Waals surface area (Å²) in [7, 11) is 0. The zero-order valence-corrected chi connectivity index (χ0v) is 15.0. The van der Waals surface area contributed by atoms with Crippen LogP contribution in [0.1, 0.15) is 36.7 Å². The van der Waals surface area contributed by atoms with Gasteiger partial charge in [0.25, 0.3) is 0 Å². The number of hydrogen-bond acceptors (Lipinski definition) is 4. The minimum Gasteiger partial charge on any atom is -0.370 e. The molecule has 6 nitrogen and oxygen atoms in total. The summed E-state index contributed by atoms with van der Waals surface area (Å²) in [6, 6.07) is 10.2. The number of hydrogen-bond donors (Lipinski definition) is 2. The monoisotopic (exact) mass is 338 g/mol. The molecule has 0 radical (unpaired) electrons. The summed E-state index contributed by atoms with van der Waals surface area (Å²) in [4.78, 5) is 15.9. The predicted octanol–water partition coefficient (Wildman–Crippen LogP) is 2.87. The Morgan fingerprint density at radius 2 is 2.04 bits per heavy atom. The molecule has 25 heavy (non-hydrogen) atoms. The van der Waals surface area contributed by atoms with Crippen molar-refractivity contribution in [2.45, 2.75) is 39.7 Å². The highest BCUT2D eigenvalue weighted by Crippen LogP contribution is 2.17. The maximum absolute atomic E-state index is 6.03. The van der Waals surface area contributed by atoms with Crippen molar-refractivity contribution < 1.29 is 0 Å². The highest BCUT2D eigenvalue weighted by Gasteiger charge is 2.15. The van der Waals surface area contributed by atoms with E-state index in [0.717, 1.165) is 42.5 Å². The minimum absolute atomic E-state index is 0.396. The van der Waals surface area contributed by atoms with Crippen LogP contribution in [-0.2, 0) is 13.0 Å². The van der Waals surface area contributed by atoms with Gasteiger partial charge in [-0.3, -0.25) is 0 Å². The van der Waals surface area contributed by atoms with Crippen molar-refractivity contribution in [2.75, 3.05) is 23.3 Å². The number of nitrogens with one attached hydrogen (secondary N) is 1. The molecule has 1 fully saturated rings. The minimum atomic E-state index is 0.396. The number of nitrogens with zero attached hydrogens (tertiary/aromatic N) is 4. The van der Waals surface area contributed by atoms with Crippen LogP contribution in [0, 0.1) is 6.92 Å². The van der Waals surface area contributed by atoms with E-state index in [1.54, 1.807) is 0 Å². The molecule has 0 saturated carbocycles. The van der Waals surface area contributed by atoms with Crippen molar-refractivity contribution in [2.24, 2.45) is 10.7 Å². The Kier molecular flexibility index (Phi) is 5.48. The molecule has 6 heteroatoms. The van der Waals surface area contributed by atoms with Crippen LogP contribution in [0.3, 0.4) is 0 Å². The average molecular weight is 338 g/mol. The Hall–Kier alpha value is -2.63. The molecule has 3 rings (SSSR count). The van der Waals surface area contributed by atoms with Crippen LogP contribution in [-0.4, -0.2) is 29.0 Å². The number of aryl methyl sites for hydroxylation is 2. The van der Waals surface area contributed by atoms with Gasteiger partial charge in [0.2, 0.25) is 5.95 Å². The van der Waals surface area contributed by atoms with Crippen LogP contribution in [0.25, 0.3) is 0 Å². The second-order valence-corrected chi connectivity index (χ2v) is 6.38. The summed E-state index contributed by atoms with van der Waals surface area (Å²) in [6.45, 7) is 6.63. The van der Waals surface area contributed by atoms with E-state index >= 15 is 0 Å². The molecule has 132 valence electrons. The van der Waals surface area contributed by atoms with Gasteiger partial charge in [-0.1, -0.05) is 19.1 Å². The average Bonchev–Trinajstić information content (AvgIpc) is 3.14. The number of aliphatic imine (C=N–C) groups is 1. The van der Waals surface area contributed by atoms with Gasteiger partial charge in [0.05, 0.1) is 12.2 Å². The lowest BCUT2D eigenvalue weighted by molar-refractivity contribution is 0.857. The number of benzene rings is 1. The number of anilines is 2. The summed E-state index contributed by atoms with van der Waals surface area (Å²) in [5.41, 5.74) is 10.1. The first-order valence-electron chi connectivity index (χ1n) is 8.89. The standard InChI is InChI=1S/C19H26N6/c1-3-15-7-6-8-16(12-15)23-18(20)21-13-17-11-14(2)22-19(24-17)25-9-4-5-10-25/h6-8,11-12H,3-5,9-10,13H2,1-2H3,(H3,20,21,23). The molecule has 0 bridgehead atoms. The highest BCUT2D eigenvalue weighted by atomic mass is 15.3. The third kappa shape index (κ3) is 4.68. The fraction of sp³-hybridized carbons (Fsp3) is 0.421. The molecule has 0 aliphatic carbocycles. The molecule has 2 aromatic rings. The highest BCUT2D eigenvalue weighted by molar-refractivity contribution is 5.92. The van der Waals surface area contributed by atoms with E-state index < -0.39 is 0 Å². The molecule has 1 aromatic heterocycles. The van der Waals surface area contributed by atoms with Gasteiger partial charge in [-0.25, -0.2) is 15.0 Å². The van der Waals surface area contributed by atoms with Gasteiger partial charge in [-0.2, -0.15) is 0 Å². The molecule has 3 N–H and O–H groups in total. The zero-order chi connectivity index (χ0) is 17.6. The maximum Gasteiger partial charge on any atom is 0.225 e. The molecular weight excluding hydrogens is 312 g/mol. The molecule has 1 aliphatic rings. The third-order valence-corrected chi connectivity index (χ3v) is 4.30. The van der Waals surface area contributed by atoms with E-state index in [1.165, 1.54) is 18.4 Å². The normalized spacial score (nSPS) is 14.8. The quantitative estimate of drug-likeness (QED) is 0.647. The first kappa shape index (κ1) is 17.2. The summed E-state index contributed by atoms with van der Waals surface area (Å²) >= 11 is 0. The maximum atomic E-state index is 6.03. The molecule has 2 heterocycles. The van der Waals surface area contributed by atoms with E-state index in [1.807, 2.05) is 25.1 Å². The van der Waals surface area contributed by atoms with Crippen molar-refractivity contribution in [1.29, 1.82) is 0 Å². The van der Waals surface area contributed by atoms with Crippen molar-refractivity contribution in [1.82, 2.24) is 9.97 Å². The summed E-state index contributed by atoms with van der Waals surface area (Å²) in [5, 5.41) is 3.15. The Bertz CT molecular complexity index is 749. The van der Waals surface area contributed by atoms with Crippen LogP contribution >= 0.6 is 0 Å². The zero-order valence-electron chi connectivity index (χ0n) is 15.0. The van der Waals surface area contributed by atoms with Gasteiger partial charge in [0.1, 0.15) is 0 Å². The predicted molar refractivity (Wildman–Crippen MR) is 103 cm³/mol. The first-order valence-corrected chi connectivity index (χ1v) is 8.89. The molecule has 0 spiro atoms. The van der Waals surface area contributed by atoms with Crippen LogP contribution in [0.4, 0.5) is 11.6 Å². The summed E-state index contributed by atoms with van der Waals surface area (Å²) in [5.74, 6) is 1.21. The third-order valence-electron chi connectivity index (χ3n) is 4.30. The van der Waals surface area contributed by atoms with E-state index in [2.05, 4.69) is 44.2 Å². The lowest BCUT2D eigenvalue weighted by atomic mass is 10.1. The Balaban J connectivity index is 1.67. The van der Waals surface area contributed by atoms with Gasteiger partial charge in [0, 0.05) is 24.5 Å². The van der Waals surface area contributed by atoms with Gasteiger partial charge >= 0.3 is 0 Å². The second-order valence-electron chi connectivity index (χ2n) is 6.38. The van der Waals surface area contributed by atoms with Crippen molar-refractivity contribution in [3.05, 3.63) is 47.3 Å². The topological polar surface area (TPSA) is 79.4 Å². The summed E-state index contributed by atoms with van der Waals surface area (Å²) in [6.07, 6.45) is 3.41. The number of rotatable bonds is 5. The number of nitrogens with two attached hydrogens (primary N) is 1. The first-order chi connectivity index (χ1) is 12.1. The van der Waals surface area contributed by atoms with E-state index in [0.29, 0.717) is 12.5 Å². The van der Waals surface area contributed by atoms with Crippen molar-refractivity contribution >= 4 is 17.6 Å². The van der Waals surface area contributed by atoms with Gasteiger partial charge in [0.15, 0.2) is 5.96 Å². The number of aromatic nitrogens is 2. The summed E-state index contributed by atoms with van der Waals surface area (Å²) < 4.78 is 0. The van der Waals surface area contributed by atoms with E-state index in [4.69, 9.17) is 5.73 Å². The fourth-order valence-electron chi connectivity index (χ4n) is 2.98. The molecule has 0 amide bonds. The Labute approximate surface area is 149 Å². The van der Waals surface area contributed by atoms with Gasteiger partial charge in [-0.15, -0.1) is 0 Å². The molecule has 1 aromatic carbocycles. The molecule has 1 saturated heterocycles. The Morgan fingerprint density at radius 1 is 1.24 bits per heavy atom. The lowest BCUT2D eigenvalue weighted by Crippen LogP contribution is -2.23. The van der Waals surface area contributed by atoms with E-state index in [-0.39, 0.29) is 0 Å². The van der Waals surface area contributed by atoms with Crippen LogP contribution in [0.2, 0.25) is 0 Å².